The van der Waals surface area contributed by atoms with Crippen molar-refractivity contribution in [2.24, 2.45) is 40.2 Å². The van der Waals surface area contributed by atoms with E-state index in [-0.39, 0.29) is 40.5 Å². The molecule has 0 aromatic carbocycles. The quantitative estimate of drug-likeness (QED) is 0.767. The zero-order valence-electron chi connectivity index (χ0n) is 14.6. The van der Waals surface area contributed by atoms with E-state index in [9.17, 15) is 14.4 Å². The Morgan fingerprint density at radius 1 is 1.12 bits per heavy atom. The van der Waals surface area contributed by atoms with Crippen LogP contribution in [0.5, 0.6) is 0 Å². The first-order chi connectivity index (χ1) is 11.3. The lowest BCUT2D eigenvalue weighted by atomic mass is 9.46. The lowest BCUT2D eigenvalue weighted by molar-refractivity contribution is -0.158. The van der Waals surface area contributed by atoms with Crippen LogP contribution in [0.1, 0.15) is 58.8 Å². The molecule has 24 heavy (non-hydrogen) atoms. The molecule has 3 aliphatic carbocycles. The maximum absolute atomic E-state index is 13.2. The van der Waals surface area contributed by atoms with Gasteiger partial charge in [0, 0.05) is 30.7 Å². The summed E-state index contributed by atoms with van der Waals surface area (Å²) in [5, 5.41) is 3.14. The number of fused-ring (bicyclic) bond motifs is 5. The number of rotatable bonds is 1. The van der Waals surface area contributed by atoms with Gasteiger partial charge in [0.2, 0.25) is 11.8 Å². The average Bonchev–Trinajstić information content (AvgIpc) is 2.84. The standard InChI is InChI=1S/C19H28N2O3/c1-18-8-7-15(23)21-14(18)6-3-10-11-4-5-12(17(20)24)19(11,2)9-13(22)16(10)18/h10-12,14,16H,3-9H2,1-2H3,(H2,20,24)(H,21,23)/t10-,11-,12?,14?,16-,18-,19-/m0/s1. The van der Waals surface area contributed by atoms with Gasteiger partial charge in [-0.3, -0.25) is 14.4 Å². The number of primary amides is 1. The normalized spacial score (nSPS) is 50.5. The maximum Gasteiger partial charge on any atom is 0.221 e. The van der Waals surface area contributed by atoms with Gasteiger partial charge in [-0.1, -0.05) is 13.8 Å². The van der Waals surface area contributed by atoms with Crippen molar-refractivity contribution in [1.29, 1.82) is 0 Å². The minimum absolute atomic E-state index is 0.0292. The molecule has 4 rings (SSSR count). The van der Waals surface area contributed by atoms with Gasteiger partial charge in [0.15, 0.2) is 0 Å². The molecule has 3 saturated carbocycles. The van der Waals surface area contributed by atoms with Crippen LogP contribution in [0, 0.1) is 34.5 Å². The van der Waals surface area contributed by atoms with E-state index in [1.165, 1.54) is 0 Å². The monoisotopic (exact) mass is 332 g/mol. The Morgan fingerprint density at radius 3 is 2.58 bits per heavy atom. The van der Waals surface area contributed by atoms with E-state index in [1.807, 2.05) is 0 Å². The number of Topliss-reactive ketones (excluding diaryl/α,β-unsaturated/α-hetero) is 1. The molecule has 0 radical (unpaired) electrons. The molecule has 2 unspecified atom stereocenters. The summed E-state index contributed by atoms with van der Waals surface area (Å²) in [5.41, 5.74) is 5.27. The number of nitrogens with one attached hydrogen (secondary N) is 1. The van der Waals surface area contributed by atoms with Crippen LogP contribution >= 0.6 is 0 Å². The summed E-state index contributed by atoms with van der Waals surface area (Å²) in [6, 6.07) is 0.127. The van der Waals surface area contributed by atoms with Crippen LogP contribution in [-0.4, -0.2) is 23.6 Å². The van der Waals surface area contributed by atoms with Crippen LogP contribution in [0.25, 0.3) is 0 Å². The Morgan fingerprint density at radius 2 is 1.88 bits per heavy atom. The van der Waals surface area contributed by atoms with E-state index >= 15 is 0 Å². The van der Waals surface area contributed by atoms with Crippen LogP contribution in [0.15, 0.2) is 0 Å². The summed E-state index contributed by atoms with van der Waals surface area (Å²) in [5.74, 6) is 0.806. The molecule has 4 aliphatic rings. The number of carbonyl (C=O) groups excluding carboxylic acids is 3. The minimum atomic E-state index is -0.259. The molecule has 1 heterocycles. The number of carbonyl (C=O) groups is 3. The molecule has 2 amide bonds. The number of amides is 2. The number of ketones is 1. The van der Waals surface area contributed by atoms with Crippen molar-refractivity contribution in [2.45, 2.75) is 64.8 Å². The molecule has 4 fully saturated rings. The fraction of sp³-hybridized carbons (Fsp3) is 0.842. The second-order valence-electron chi connectivity index (χ2n) is 9.13. The molecule has 0 spiro atoms. The fourth-order valence-electron chi connectivity index (χ4n) is 6.99. The van der Waals surface area contributed by atoms with E-state index in [0.29, 0.717) is 30.5 Å². The smallest absolute Gasteiger partial charge is 0.221 e. The fourth-order valence-corrected chi connectivity index (χ4v) is 6.99. The van der Waals surface area contributed by atoms with E-state index in [0.717, 1.165) is 32.1 Å². The van der Waals surface area contributed by atoms with Gasteiger partial charge >= 0.3 is 0 Å². The third-order valence-corrected chi connectivity index (χ3v) is 8.12. The van der Waals surface area contributed by atoms with Gasteiger partial charge in [-0.15, -0.1) is 0 Å². The number of nitrogens with two attached hydrogens (primary N) is 1. The van der Waals surface area contributed by atoms with Crippen molar-refractivity contribution in [3.63, 3.8) is 0 Å². The predicted octanol–water partition coefficient (Wildman–Crippen LogP) is 1.79. The SMILES string of the molecule is C[C@]12CCC(=O)NC1CC[C@@H]1[C@H]2C(=O)C[C@]2(C)C(C(N)=O)CC[C@@H]12. The molecular weight excluding hydrogens is 304 g/mol. The van der Waals surface area contributed by atoms with Gasteiger partial charge < -0.3 is 11.1 Å². The molecule has 5 nitrogen and oxygen atoms in total. The van der Waals surface area contributed by atoms with Crippen molar-refractivity contribution in [2.75, 3.05) is 0 Å². The zero-order chi connectivity index (χ0) is 17.3. The molecule has 7 atom stereocenters. The van der Waals surface area contributed by atoms with Gasteiger partial charge in [-0.25, -0.2) is 0 Å². The predicted molar refractivity (Wildman–Crippen MR) is 88.6 cm³/mol. The molecule has 132 valence electrons. The Kier molecular flexibility index (Phi) is 3.39. The highest BCUT2D eigenvalue weighted by molar-refractivity contribution is 5.87. The zero-order valence-corrected chi connectivity index (χ0v) is 14.6. The van der Waals surface area contributed by atoms with Crippen molar-refractivity contribution < 1.29 is 14.4 Å². The molecule has 5 heteroatoms. The van der Waals surface area contributed by atoms with Crippen molar-refractivity contribution >= 4 is 17.6 Å². The topological polar surface area (TPSA) is 89.3 Å². The van der Waals surface area contributed by atoms with Crippen molar-refractivity contribution in [1.82, 2.24) is 5.32 Å². The Balaban J connectivity index is 1.69. The highest BCUT2D eigenvalue weighted by Crippen LogP contribution is 2.64. The third-order valence-electron chi connectivity index (χ3n) is 8.12. The van der Waals surface area contributed by atoms with Crippen LogP contribution < -0.4 is 11.1 Å². The Hall–Kier alpha value is -1.39. The molecule has 1 aliphatic heterocycles. The summed E-state index contributed by atoms with van der Waals surface area (Å²) >= 11 is 0. The summed E-state index contributed by atoms with van der Waals surface area (Å²) in [4.78, 5) is 36.9. The van der Waals surface area contributed by atoms with Gasteiger partial charge in [0.1, 0.15) is 5.78 Å². The molecule has 0 aromatic heterocycles. The first kappa shape index (κ1) is 16.1. The van der Waals surface area contributed by atoms with Crippen LogP contribution in [0.4, 0.5) is 0 Å². The van der Waals surface area contributed by atoms with E-state index < -0.39 is 0 Å². The minimum Gasteiger partial charge on any atom is -0.369 e. The summed E-state index contributed by atoms with van der Waals surface area (Å²) in [6.07, 6.45) is 5.56. The molecular formula is C19H28N2O3. The Bertz CT molecular complexity index is 618. The summed E-state index contributed by atoms with van der Waals surface area (Å²) in [6.45, 7) is 4.32. The van der Waals surface area contributed by atoms with Crippen LogP contribution in [0.3, 0.4) is 0 Å². The Labute approximate surface area is 143 Å². The second-order valence-corrected chi connectivity index (χ2v) is 9.13. The number of piperidine rings is 1. The van der Waals surface area contributed by atoms with Crippen molar-refractivity contribution in [3.05, 3.63) is 0 Å². The summed E-state index contributed by atoms with van der Waals surface area (Å²) in [7, 11) is 0. The van der Waals surface area contributed by atoms with E-state index in [1.54, 1.807) is 0 Å². The van der Waals surface area contributed by atoms with Crippen LogP contribution in [0.2, 0.25) is 0 Å². The first-order valence-corrected chi connectivity index (χ1v) is 9.39. The van der Waals surface area contributed by atoms with Crippen molar-refractivity contribution in [3.8, 4) is 0 Å². The molecule has 0 bridgehead atoms. The maximum atomic E-state index is 13.2. The first-order valence-electron chi connectivity index (χ1n) is 9.39. The number of hydrogen-bond donors (Lipinski definition) is 2. The van der Waals surface area contributed by atoms with Gasteiger partial charge in [-0.2, -0.15) is 0 Å². The lowest BCUT2D eigenvalue weighted by Crippen LogP contribution is -2.63. The highest BCUT2D eigenvalue weighted by Gasteiger charge is 2.64. The van der Waals surface area contributed by atoms with E-state index in [2.05, 4.69) is 19.2 Å². The third kappa shape index (κ3) is 1.96. The number of hydrogen-bond acceptors (Lipinski definition) is 3. The molecule has 0 aromatic rings. The largest absolute Gasteiger partial charge is 0.369 e. The average molecular weight is 332 g/mol. The molecule has 3 N–H and O–H groups in total. The highest BCUT2D eigenvalue weighted by atomic mass is 16.2. The summed E-state index contributed by atoms with van der Waals surface area (Å²) < 4.78 is 0. The van der Waals surface area contributed by atoms with E-state index in [4.69, 9.17) is 5.73 Å². The lowest BCUT2D eigenvalue weighted by Gasteiger charge is -2.59. The van der Waals surface area contributed by atoms with Gasteiger partial charge in [0.25, 0.3) is 0 Å². The molecule has 1 saturated heterocycles. The van der Waals surface area contributed by atoms with Gasteiger partial charge in [0.05, 0.1) is 0 Å². The van der Waals surface area contributed by atoms with Crippen LogP contribution in [-0.2, 0) is 14.4 Å². The van der Waals surface area contributed by atoms with Gasteiger partial charge in [-0.05, 0) is 54.8 Å². The second kappa shape index (κ2) is 5.06.